The van der Waals surface area contributed by atoms with E-state index in [9.17, 15) is 5.11 Å². The van der Waals surface area contributed by atoms with Crippen molar-refractivity contribution >= 4 is 23.2 Å². The Bertz CT molecular complexity index is 210. The molecule has 0 spiro atoms. The van der Waals surface area contributed by atoms with Gasteiger partial charge in [-0.2, -0.15) is 0 Å². The molecule has 0 aliphatic rings. The smallest absolute Gasteiger partial charge is 0.133 e. The zero-order valence-corrected chi connectivity index (χ0v) is 6.28. The second-order valence-electron chi connectivity index (χ2n) is 1.73. The van der Waals surface area contributed by atoms with Gasteiger partial charge >= 0.3 is 0 Å². The van der Waals surface area contributed by atoms with E-state index in [0.29, 0.717) is 0 Å². The molecule has 0 saturated heterocycles. The second kappa shape index (κ2) is 2.56. The number of hydrogen-bond acceptors (Lipinski definition) is 2. The summed E-state index contributed by atoms with van der Waals surface area (Å²) in [5, 5.41) is 19.6. The van der Waals surface area contributed by atoms with Crippen LogP contribution in [-0.4, -0.2) is 5.11 Å². The van der Waals surface area contributed by atoms with Gasteiger partial charge in [0.25, 0.3) is 0 Å². The van der Waals surface area contributed by atoms with Crippen molar-refractivity contribution in [2.75, 3.05) is 0 Å². The Morgan fingerprint density at radius 1 is 1.20 bits per heavy atom. The molecule has 0 aliphatic carbocycles. The minimum Gasteiger partial charge on any atom is -0.871 e. The molecule has 0 saturated carbocycles. The molecule has 2 nitrogen and oxygen atoms in total. The van der Waals surface area contributed by atoms with Crippen LogP contribution < -0.4 is 5.11 Å². The average Bonchev–Trinajstić information content (AvgIpc) is 1.84. The first-order valence-corrected chi connectivity index (χ1v) is 3.22. The first-order valence-electron chi connectivity index (χ1n) is 2.46. The van der Waals surface area contributed by atoms with Crippen LogP contribution in [-0.2, 0) is 0 Å². The van der Waals surface area contributed by atoms with Crippen molar-refractivity contribution in [2.24, 2.45) is 0 Å². The maximum atomic E-state index is 10.6. The van der Waals surface area contributed by atoms with E-state index in [1.54, 1.807) is 0 Å². The van der Waals surface area contributed by atoms with Gasteiger partial charge in [0.15, 0.2) is 0 Å². The summed E-state index contributed by atoms with van der Waals surface area (Å²) in [4.78, 5) is 0. The van der Waals surface area contributed by atoms with Crippen LogP contribution in [0.15, 0.2) is 12.1 Å². The minimum atomic E-state index is -0.427. The molecule has 0 bridgehead atoms. The summed E-state index contributed by atoms with van der Waals surface area (Å²) < 4.78 is 0. The van der Waals surface area contributed by atoms with Crippen molar-refractivity contribution < 1.29 is 10.2 Å². The van der Waals surface area contributed by atoms with E-state index >= 15 is 0 Å². The lowest BCUT2D eigenvalue weighted by Crippen LogP contribution is -1.89. The molecule has 0 radical (unpaired) electrons. The van der Waals surface area contributed by atoms with Gasteiger partial charge in [0.2, 0.25) is 0 Å². The van der Waals surface area contributed by atoms with Gasteiger partial charge in [-0.25, -0.2) is 0 Å². The predicted octanol–water partition coefficient (Wildman–Crippen LogP) is 1.77. The summed E-state index contributed by atoms with van der Waals surface area (Å²) in [5.41, 5.74) is 0. The molecule has 0 fully saturated rings. The van der Waals surface area contributed by atoms with Crippen LogP contribution >= 0.6 is 23.2 Å². The summed E-state index contributed by atoms with van der Waals surface area (Å²) in [7, 11) is 0. The fourth-order valence-corrected chi connectivity index (χ4v) is 0.902. The molecule has 0 atom stereocenters. The highest BCUT2D eigenvalue weighted by Crippen LogP contribution is 2.31. The number of hydrogen-bond donors (Lipinski definition) is 1. The monoisotopic (exact) mass is 177 g/mol. The first kappa shape index (κ1) is 7.51. The molecular weight excluding hydrogens is 175 g/mol. The lowest BCUT2D eigenvalue weighted by atomic mass is 10.3. The summed E-state index contributed by atoms with van der Waals surface area (Å²) in [6.45, 7) is 0. The van der Waals surface area contributed by atoms with E-state index in [2.05, 4.69) is 0 Å². The van der Waals surface area contributed by atoms with Crippen LogP contribution in [0.4, 0.5) is 0 Å². The highest BCUT2D eigenvalue weighted by molar-refractivity contribution is 6.36. The number of rotatable bonds is 0. The van der Waals surface area contributed by atoms with Gasteiger partial charge in [-0.1, -0.05) is 29.0 Å². The van der Waals surface area contributed by atoms with Gasteiger partial charge in [0.05, 0.1) is 5.02 Å². The van der Waals surface area contributed by atoms with Crippen LogP contribution in [0.2, 0.25) is 10.0 Å². The van der Waals surface area contributed by atoms with Crippen molar-refractivity contribution in [3.05, 3.63) is 22.2 Å². The van der Waals surface area contributed by atoms with Crippen molar-refractivity contribution in [2.45, 2.75) is 0 Å². The SMILES string of the molecule is [O-]c1cc(O)c(Cl)cc1Cl. The normalized spacial score (nSPS) is 9.80. The molecule has 0 aromatic heterocycles. The molecule has 1 aromatic carbocycles. The minimum absolute atomic E-state index is 0.0165. The lowest BCUT2D eigenvalue weighted by molar-refractivity contribution is -0.268. The van der Waals surface area contributed by atoms with Crippen molar-refractivity contribution in [3.8, 4) is 11.5 Å². The standard InChI is InChI=1S/C6H4Cl2O2/c7-3-1-4(8)6(10)2-5(3)9/h1-2,9-10H/p-1. The topological polar surface area (TPSA) is 43.3 Å². The fourth-order valence-electron chi connectivity index (χ4n) is 0.518. The number of phenols is 1. The fraction of sp³-hybridized carbons (Fsp3) is 0. The Morgan fingerprint density at radius 3 is 2.30 bits per heavy atom. The second-order valence-corrected chi connectivity index (χ2v) is 2.55. The van der Waals surface area contributed by atoms with Gasteiger partial charge < -0.3 is 10.2 Å². The Kier molecular flexibility index (Phi) is 1.92. The van der Waals surface area contributed by atoms with Crippen molar-refractivity contribution in [3.63, 3.8) is 0 Å². The van der Waals surface area contributed by atoms with Crippen LogP contribution in [0.3, 0.4) is 0 Å². The molecule has 4 heteroatoms. The van der Waals surface area contributed by atoms with Gasteiger partial charge in [-0.3, -0.25) is 0 Å². The van der Waals surface area contributed by atoms with Gasteiger partial charge in [0.1, 0.15) is 5.75 Å². The molecule has 54 valence electrons. The molecule has 1 rings (SSSR count). The molecular formula is C6H3Cl2O2-. The zero-order valence-electron chi connectivity index (χ0n) is 4.77. The maximum Gasteiger partial charge on any atom is 0.133 e. The quantitative estimate of drug-likeness (QED) is 0.657. The van der Waals surface area contributed by atoms with E-state index in [1.807, 2.05) is 0 Å². The van der Waals surface area contributed by atoms with Crippen LogP contribution in [0.1, 0.15) is 0 Å². The van der Waals surface area contributed by atoms with Gasteiger partial charge in [-0.15, -0.1) is 0 Å². The van der Waals surface area contributed by atoms with E-state index in [1.165, 1.54) is 6.07 Å². The number of halogens is 2. The summed E-state index contributed by atoms with van der Waals surface area (Å²) in [5.74, 6) is -0.667. The van der Waals surface area contributed by atoms with Crippen molar-refractivity contribution in [1.29, 1.82) is 0 Å². The highest BCUT2D eigenvalue weighted by Gasteiger charge is 1.98. The molecule has 0 heterocycles. The first-order chi connectivity index (χ1) is 4.61. The maximum absolute atomic E-state index is 10.6. The Balaban J connectivity index is 3.28. The van der Waals surface area contributed by atoms with Gasteiger partial charge in [0, 0.05) is 5.02 Å². The van der Waals surface area contributed by atoms with Crippen LogP contribution in [0.25, 0.3) is 0 Å². The molecule has 0 amide bonds. The van der Waals surface area contributed by atoms with Gasteiger partial charge in [-0.05, 0) is 12.1 Å². The predicted molar refractivity (Wildman–Crippen MR) is 37.6 cm³/mol. The Hall–Kier alpha value is -0.600. The molecule has 1 N–H and O–H groups in total. The van der Waals surface area contributed by atoms with Crippen LogP contribution in [0, 0.1) is 0 Å². The molecule has 1 aromatic rings. The number of benzene rings is 1. The van der Waals surface area contributed by atoms with E-state index < -0.39 is 5.75 Å². The summed E-state index contributed by atoms with van der Waals surface area (Å²) in [6.07, 6.45) is 0. The summed E-state index contributed by atoms with van der Waals surface area (Å²) >= 11 is 10.8. The Labute approximate surface area is 67.6 Å². The molecule has 0 unspecified atom stereocenters. The van der Waals surface area contributed by atoms with E-state index in [-0.39, 0.29) is 15.8 Å². The lowest BCUT2D eigenvalue weighted by Gasteiger charge is -2.08. The number of phenolic OH excluding ortho intramolecular Hbond substituents is 1. The third-order valence-corrected chi connectivity index (χ3v) is 1.60. The molecule has 0 aliphatic heterocycles. The molecule has 10 heavy (non-hydrogen) atoms. The van der Waals surface area contributed by atoms with Crippen molar-refractivity contribution in [1.82, 2.24) is 0 Å². The van der Waals surface area contributed by atoms with Crippen LogP contribution in [0.5, 0.6) is 11.5 Å². The van der Waals surface area contributed by atoms with E-state index in [0.717, 1.165) is 6.07 Å². The van der Waals surface area contributed by atoms with E-state index in [4.69, 9.17) is 28.3 Å². The zero-order chi connectivity index (χ0) is 7.72. The highest BCUT2D eigenvalue weighted by atomic mass is 35.5. The third-order valence-electron chi connectivity index (χ3n) is 1.00. The number of aromatic hydroxyl groups is 1. The largest absolute Gasteiger partial charge is 0.871 e. The Morgan fingerprint density at radius 2 is 1.80 bits per heavy atom. The average molecular weight is 178 g/mol. The third kappa shape index (κ3) is 1.28. The summed E-state index contributed by atoms with van der Waals surface area (Å²) in [6, 6.07) is 2.19.